The maximum atomic E-state index is 12.2. The lowest BCUT2D eigenvalue weighted by Crippen LogP contribution is -2.01. The van der Waals surface area contributed by atoms with Crippen LogP contribution in [0.4, 0.5) is 0 Å². The Morgan fingerprint density at radius 2 is 0.947 bits per heavy atom. The summed E-state index contributed by atoms with van der Waals surface area (Å²) in [7, 11) is -3.49. The normalized spacial score (nSPS) is 10.5. The van der Waals surface area contributed by atoms with E-state index in [0.29, 0.717) is 10.0 Å². The highest BCUT2D eigenvalue weighted by molar-refractivity contribution is 7.91. The van der Waals surface area contributed by atoms with Crippen LogP contribution < -0.4 is 0 Å². The van der Waals surface area contributed by atoms with Gasteiger partial charge in [-0.25, -0.2) is 8.42 Å². The van der Waals surface area contributed by atoms with Gasteiger partial charge >= 0.3 is 0 Å². The Balaban J connectivity index is 0.000000861. The summed E-state index contributed by atoms with van der Waals surface area (Å²) in [5.41, 5.74) is 0. The highest BCUT2D eigenvalue weighted by atomic mass is 35.5. The van der Waals surface area contributed by atoms with E-state index >= 15 is 0 Å². The van der Waals surface area contributed by atoms with Crippen LogP contribution >= 0.6 is 23.2 Å². The minimum Gasteiger partial charge on any atom is -0.219 e. The fourth-order valence-corrected chi connectivity index (χ4v) is 2.88. The Hall–Kier alpha value is -1.03. The molecule has 0 radical (unpaired) electrons. The molecule has 0 saturated heterocycles. The van der Waals surface area contributed by atoms with Gasteiger partial charge in [0.25, 0.3) is 0 Å². The molecule has 102 valence electrons. The first-order valence-corrected chi connectivity index (χ1v) is 8.00. The van der Waals surface area contributed by atoms with E-state index < -0.39 is 9.84 Å². The van der Waals surface area contributed by atoms with Crippen molar-refractivity contribution in [2.24, 2.45) is 0 Å². The van der Waals surface area contributed by atoms with Gasteiger partial charge in [0.05, 0.1) is 9.79 Å². The van der Waals surface area contributed by atoms with E-state index in [2.05, 4.69) is 0 Å². The van der Waals surface area contributed by atoms with Crippen molar-refractivity contribution in [2.75, 3.05) is 0 Å². The Morgan fingerprint density at radius 3 is 1.21 bits per heavy atom. The third kappa shape index (κ3) is 3.96. The van der Waals surface area contributed by atoms with Gasteiger partial charge in [0.1, 0.15) is 0 Å². The van der Waals surface area contributed by atoms with Crippen molar-refractivity contribution in [2.45, 2.75) is 23.6 Å². The molecule has 19 heavy (non-hydrogen) atoms. The maximum absolute atomic E-state index is 12.2. The molecular formula is C14H14Cl2O2S. The number of hydrogen-bond acceptors (Lipinski definition) is 2. The highest BCUT2D eigenvalue weighted by Crippen LogP contribution is 2.23. The molecule has 2 aromatic carbocycles. The van der Waals surface area contributed by atoms with Crippen LogP contribution in [0, 0.1) is 0 Å². The molecule has 0 unspecified atom stereocenters. The van der Waals surface area contributed by atoms with Crippen LogP contribution in [0.1, 0.15) is 13.8 Å². The van der Waals surface area contributed by atoms with E-state index in [9.17, 15) is 8.42 Å². The number of sulfone groups is 1. The van der Waals surface area contributed by atoms with E-state index in [4.69, 9.17) is 23.2 Å². The second-order valence-corrected chi connectivity index (χ2v) is 6.23. The second-order valence-electron chi connectivity index (χ2n) is 3.41. The van der Waals surface area contributed by atoms with Gasteiger partial charge in [-0.05, 0) is 48.5 Å². The molecule has 0 bridgehead atoms. The predicted octanol–water partition coefficient (Wildman–Crippen LogP) is 4.85. The zero-order chi connectivity index (χ0) is 14.5. The monoisotopic (exact) mass is 316 g/mol. The summed E-state index contributed by atoms with van der Waals surface area (Å²) in [6, 6.07) is 12.1. The molecule has 2 rings (SSSR count). The van der Waals surface area contributed by atoms with Gasteiger partial charge in [-0.15, -0.1) is 0 Å². The van der Waals surface area contributed by atoms with Crippen LogP contribution in [-0.2, 0) is 9.84 Å². The van der Waals surface area contributed by atoms with Gasteiger partial charge in [-0.3, -0.25) is 0 Å². The zero-order valence-electron chi connectivity index (χ0n) is 10.6. The fourth-order valence-electron chi connectivity index (χ4n) is 1.36. The second kappa shape index (κ2) is 6.94. The SMILES string of the molecule is CC.O=S(=O)(c1ccc(Cl)cc1)c1ccc(Cl)cc1. The summed E-state index contributed by atoms with van der Waals surface area (Å²) >= 11 is 11.4. The molecule has 0 spiro atoms. The molecule has 0 N–H and O–H groups in total. The number of halogens is 2. The van der Waals surface area contributed by atoms with Gasteiger partial charge < -0.3 is 0 Å². The quantitative estimate of drug-likeness (QED) is 0.793. The molecule has 0 aliphatic heterocycles. The first-order valence-electron chi connectivity index (χ1n) is 5.76. The van der Waals surface area contributed by atoms with Crippen molar-refractivity contribution in [3.8, 4) is 0 Å². The lowest BCUT2D eigenvalue weighted by Gasteiger charge is -2.04. The zero-order valence-corrected chi connectivity index (χ0v) is 12.9. The summed E-state index contributed by atoms with van der Waals surface area (Å²) in [6.45, 7) is 4.00. The summed E-state index contributed by atoms with van der Waals surface area (Å²) in [6.07, 6.45) is 0. The van der Waals surface area contributed by atoms with Crippen molar-refractivity contribution in [3.05, 3.63) is 58.6 Å². The van der Waals surface area contributed by atoms with Gasteiger partial charge in [0.15, 0.2) is 0 Å². The van der Waals surface area contributed by atoms with Gasteiger partial charge in [-0.1, -0.05) is 37.0 Å². The van der Waals surface area contributed by atoms with E-state index in [-0.39, 0.29) is 9.79 Å². The third-order valence-corrected chi connectivity index (χ3v) is 4.54. The molecule has 0 amide bonds. The lowest BCUT2D eigenvalue weighted by atomic mass is 10.4. The molecule has 2 nitrogen and oxygen atoms in total. The van der Waals surface area contributed by atoms with Crippen LogP contribution in [-0.4, -0.2) is 8.42 Å². The molecule has 0 fully saturated rings. The highest BCUT2D eigenvalue weighted by Gasteiger charge is 2.16. The van der Waals surface area contributed by atoms with Gasteiger partial charge in [-0.2, -0.15) is 0 Å². The van der Waals surface area contributed by atoms with Crippen molar-refractivity contribution in [3.63, 3.8) is 0 Å². The Kier molecular flexibility index (Phi) is 5.85. The Morgan fingerprint density at radius 1 is 0.684 bits per heavy atom. The van der Waals surface area contributed by atoms with Crippen LogP contribution in [0.2, 0.25) is 10.0 Å². The van der Waals surface area contributed by atoms with Crippen molar-refractivity contribution >= 4 is 33.0 Å². The number of rotatable bonds is 2. The number of benzene rings is 2. The standard InChI is InChI=1S/C12H8Cl2O2S.C2H6/c13-9-1-5-11(6-2-9)17(15,16)12-7-3-10(14)4-8-12;1-2/h1-8H;1-2H3. The topological polar surface area (TPSA) is 34.1 Å². The van der Waals surface area contributed by atoms with E-state index in [1.165, 1.54) is 24.3 Å². The molecule has 0 aliphatic rings. The van der Waals surface area contributed by atoms with E-state index in [0.717, 1.165) is 0 Å². The van der Waals surface area contributed by atoms with Crippen LogP contribution in [0.5, 0.6) is 0 Å². The summed E-state index contributed by atoms with van der Waals surface area (Å²) in [4.78, 5) is 0.424. The van der Waals surface area contributed by atoms with Crippen molar-refractivity contribution in [1.82, 2.24) is 0 Å². The van der Waals surface area contributed by atoms with Crippen LogP contribution in [0.3, 0.4) is 0 Å². The fraction of sp³-hybridized carbons (Fsp3) is 0.143. The van der Waals surface area contributed by atoms with Crippen molar-refractivity contribution in [1.29, 1.82) is 0 Å². The third-order valence-electron chi connectivity index (χ3n) is 2.25. The van der Waals surface area contributed by atoms with Crippen molar-refractivity contribution < 1.29 is 8.42 Å². The molecule has 0 atom stereocenters. The number of hydrogen-bond donors (Lipinski definition) is 0. The molecule has 0 aliphatic carbocycles. The first kappa shape index (κ1) is 16.0. The van der Waals surface area contributed by atoms with Crippen LogP contribution in [0.25, 0.3) is 0 Å². The summed E-state index contributed by atoms with van der Waals surface area (Å²) < 4.78 is 24.3. The predicted molar refractivity (Wildman–Crippen MR) is 79.7 cm³/mol. The molecule has 0 saturated carbocycles. The van der Waals surface area contributed by atoms with E-state index in [1.54, 1.807) is 24.3 Å². The minimum atomic E-state index is -3.49. The molecule has 5 heteroatoms. The molecule has 2 aromatic rings. The van der Waals surface area contributed by atoms with Gasteiger partial charge in [0.2, 0.25) is 9.84 Å². The average molecular weight is 317 g/mol. The molecular weight excluding hydrogens is 303 g/mol. The Labute approximate surface area is 123 Å². The largest absolute Gasteiger partial charge is 0.219 e. The Bertz CT molecular complexity index is 566. The summed E-state index contributed by atoms with van der Waals surface area (Å²) in [5, 5.41) is 1.00. The van der Waals surface area contributed by atoms with E-state index in [1.807, 2.05) is 13.8 Å². The average Bonchev–Trinajstić information content (AvgIpc) is 2.42. The van der Waals surface area contributed by atoms with Crippen LogP contribution in [0.15, 0.2) is 58.3 Å². The summed E-state index contributed by atoms with van der Waals surface area (Å²) in [5.74, 6) is 0. The van der Waals surface area contributed by atoms with Gasteiger partial charge in [0, 0.05) is 10.0 Å². The first-order chi connectivity index (χ1) is 9.00. The molecule has 0 heterocycles. The molecule has 0 aromatic heterocycles. The minimum absolute atomic E-state index is 0.212. The smallest absolute Gasteiger partial charge is 0.206 e. The maximum Gasteiger partial charge on any atom is 0.206 e. The lowest BCUT2D eigenvalue weighted by molar-refractivity contribution is 0.596.